The van der Waals surface area contributed by atoms with Gasteiger partial charge in [-0.1, -0.05) is 164 Å². The minimum absolute atomic E-state index is 1.11. The molecule has 0 atom stereocenters. The molecule has 4 heteroatoms. The van der Waals surface area contributed by atoms with Gasteiger partial charge in [0, 0.05) is 52.5 Å². The average Bonchev–Trinajstić information content (AvgIpc) is 4.10. The number of aromatic nitrogens is 3. The Balaban J connectivity index is 1.11. The van der Waals surface area contributed by atoms with Crippen LogP contribution in [0.25, 0.3) is 125 Å². The van der Waals surface area contributed by atoms with E-state index in [0.717, 1.165) is 28.2 Å². The van der Waals surface area contributed by atoms with Crippen molar-refractivity contribution in [3.63, 3.8) is 0 Å². The van der Waals surface area contributed by atoms with Crippen molar-refractivity contribution in [1.29, 1.82) is 0 Å². The highest BCUT2D eigenvalue weighted by molar-refractivity contribution is 7.25. The first-order valence-corrected chi connectivity index (χ1v) is 22.7. The largest absolute Gasteiger partial charge is 0.307 e. The maximum atomic E-state index is 2.53. The van der Waals surface area contributed by atoms with Gasteiger partial charge in [-0.05, 0) is 82.9 Å². The molecule has 0 aliphatic carbocycles. The molecule has 0 aliphatic heterocycles. The molecule has 0 fully saturated rings. The Morgan fingerprint density at radius 3 is 1.00 bits per heavy atom. The topological polar surface area (TPSA) is 14.8 Å². The van der Waals surface area contributed by atoms with E-state index in [1.165, 1.54) is 96.7 Å². The molecule has 0 saturated heterocycles. The summed E-state index contributed by atoms with van der Waals surface area (Å²) in [6.07, 6.45) is 0. The van der Waals surface area contributed by atoms with Gasteiger partial charge < -0.3 is 13.7 Å². The van der Waals surface area contributed by atoms with Gasteiger partial charge in [0.25, 0.3) is 0 Å². The molecular weight excluding hydrogens is 795 g/mol. The quantitative estimate of drug-likeness (QED) is 0.164. The van der Waals surface area contributed by atoms with Crippen LogP contribution < -0.4 is 0 Å². The van der Waals surface area contributed by atoms with E-state index in [1.54, 1.807) is 0 Å². The molecule has 0 N–H and O–H groups in total. The minimum atomic E-state index is 1.11. The Kier molecular flexibility index (Phi) is 7.56. The summed E-state index contributed by atoms with van der Waals surface area (Å²) < 4.78 is 10.2. The van der Waals surface area contributed by atoms with E-state index in [0.29, 0.717) is 0 Å². The zero-order valence-electron chi connectivity index (χ0n) is 34.6. The van der Waals surface area contributed by atoms with Gasteiger partial charge >= 0.3 is 0 Å². The molecule has 0 spiro atoms. The van der Waals surface area contributed by atoms with Crippen LogP contribution in [0, 0.1) is 0 Å². The molecule has 0 unspecified atom stereocenters. The summed E-state index contributed by atoms with van der Waals surface area (Å²) in [5.41, 5.74) is 15.1. The van der Waals surface area contributed by atoms with Crippen LogP contribution in [-0.2, 0) is 0 Å². The molecule has 64 heavy (non-hydrogen) atoms. The van der Waals surface area contributed by atoms with E-state index >= 15 is 0 Å². The van der Waals surface area contributed by atoms with E-state index in [-0.39, 0.29) is 0 Å². The third-order valence-corrected chi connectivity index (χ3v) is 14.6. The Morgan fingerprint density at radius 1 is 0.234 bits per heavy atom. The highest BCUT2D eigenvalue weighted by atomic mass is 32.1. The number of hydrogen-bond donors (Lipinski definition) is 0. The molecule has 298 valence electrons. The van der Waals surface area contributed by atoms with Crippen molar-refractivity contribution in [1.82, 2.24) is 13.7 Å². The van der Waals surface area contributed by atoms with Crippen LogP contribution in [-0.4, -0.2) is 13.7 Å². The first-order valence-electron chi connectivity index (χ1n) is 21.9. The third-order valence-electron chi connectivity index (χ3n) is 13.4. The van der Waals surface area contributed by atoms with Crippen LogP contribution in [0.5, 0.6) is 0 Å². The lowest BCUT2D eigenvalue weighted by Crippen LogP contribution is -2.10. The predicted octanol–water partition coefficient (Wildman–Crippen LogP) is 16.7. The average molecular weight is 832 g/mol. The monoisotopic (exact) mass is 831 g/mol. The standard InChI is InChI=1S/C60H37N3S/c1-8-22-50-42(15-1)43-16-2-9-23-51(43)61(50)56-35-41(39-31-29-38(30-32-39)40-33-34-49-48-21-7-14-28-58(48)64-59(49)37-40)36-57(62-52-24-10-3-17-44(52)45-18-4-11-25-53(45)62)60(56)63-54-26-12-5-19-46(54)47-20-6-13-27-55(47)63/h1-37H. The Morgan fingerprint density at radius 2 is 0.562 bits per heavy atom. The molecule has 0 aliphatic rings. The number of para-hydroxylation sites is 6. The number of benzene rings is 10. The van der Waals surface area contributed by atoms with Gasteiger partial charge in [0.05, 0.1) is 50.2 Å². The van der Waals surface area contributed by atoms with Crippen LogP contribution in [0.4, 0.5) is 0 Å². The van der Waals surface area contributed by atoms with Crippen LogP contribution in [0.2, 0.25) is 0 Å². The fourth-order valence-corrected chi connectivity index (χ4v) is 11.8. The lowest BCUT2D eigenvalue weighted by atomic mass is 9.98. The summed E-state index contributed by atoms with van der Waals surface area (Å²) in [7, 11) is 0. The highest BCUT2D eigenvalue weighted by Gasteiger charge is 2.26. The van der Waals surface area contributed by atoms with Gasteiger partial charge in [-0.15, -0.1) is 11.3 Å². The fraction of sp³-hybridized carbons (Fsp3) is 0. The van der Waals surface area contributed by atoms with Crippen molar-refractivity contribution in [2.24, 2.45) is 0 Å². The molecule has 14 rings (SSSR count). The van der Waals surface area contributed by atoms with Gasteiger partial charge in [0.15, 0.2) is 0 Å². The van der Waals surface area contributed by atoms with Crippen molar-refractivity contribution >= 4 is 96.9 Å². The second-order valence-corrected chi connectivity index (χ2v) is 17.9. The Hall–Kier alpha value is -8.18. The summed E-state index contributed by atoms with van der Waals surface area (Å²) in [6, 6.07) is 83.0. The van der Waals surface area contributed by atoms with Crippen LogP contribution in [0.1, 0.15) is 0 Å². The fourth-order valence-electron chi connectivity index (χ4n) is 10.6. The second kappa shape index (κ2) is 13.7. The number of rotatable bonds is 5. The number of fused-ring (bicyclic) bond motifs is 12. The number of nitrogens with zero attached hydrogens (tertiary/aromatic N) is 3. The zero-order chi connectivity index (χ0) is 41.9. The normalized spacial score (nSPS) is 12.1. The lowest BCUT2D eigenvalue weighted by molar-refractivity contribution is 1.05. The van der Waals surface area contributed by atoms with Crippen LogP contribution >= 0.6 is 11.3 Å². The van der Waals surface area contributed by atoms with E-state index in [4.69, 9.17) is 0 Å². The predicted molar refractivity (Wildman–Crippen MR) is 273 cm³/mol. The number of thiophene rings is 1. The van der Waals surface area contributed by atoms with E-state index in [9.17, 15) is 0 Å². The van der Waals surface area contributed by atoms with Crippen molar-refractivity contribution in [3.8, 4) is 39.3 Å². The smallest absolute Gasteiger partial charge is 0.0947 e. The molecule has 3 nitrogen and oxygen atoms in total. The van der Waals surface area contributed by atoms with Gasteiger partial charge in [-0.2, -0.15) is 0 Å². The Bertz CT molecular complexity index is 3900. The van der Waals surface area contributed by atoms with Crippen molar-refractivity contribution in [2.75, 3.05) is 0 Å². The molecule has 0 saturated carbocycles. The molecule has 14 aromatic rings. The van der Waals surface area contributed by atoms with E-state index in [1.807, 2.05) is 11.3 Å². The molecular formula is C60H37N3S. The summed E-state index contributed by atoms with van der Waals surface area (Å²) >= 11 is 1.87. The van der Waals surface area contributed by atoms with Gasteiger partial charge in [-0.25, -0.2) is 0 Å². The van der Waals surface area contributed by atoms with Gasteiger partial charge in [0.1, 0.15) is 0 Å². The van der Waals surface area contributed by atoms with Crippen LogP contribution in [0.3, 0.4) is 0 Å². The minimum Gasteiger partial charge on any atom is -0.307 e. The third kappa shape index (κ3) is 5.09. The molecule has 0 amide bonds. The van der Waals surface area contributed by atoms with Gasteiger partial charge in [-0.3, -0.25) is 0 Å². The van der Waals surface area contributed by atoms with E-state index < -0.39 is 0 Å². The summed E-state index contributed by atoms with van der Waals surface area (Å²) in [5, 5.41) is 10.0. The van der Waals surface area contributed by atoms with Crippen molar-refractivity contribution < 1.29 is 0 Å². The molecule has 4 aromatic heterocycles. The summed E-state index contributed by atoms with van der Waals surface area (Å²) in [4.78, 5) is 0. The zero-order valence-corrected chi connectivity index (χ0v) is 35.4. The lowest BCUT2D eigenvalue weighted by Gasteiger charge is -2.24. The molecule has 10 aromatic carbocycles. The van der Waals surface area contributed by atoms with E-state index in [2.05, 4.69) is 238 Å². The highest BCUT2D eigenvalue weighted by Crippen LogP contribution is 2.45. The van der Waals surface area contributed by atoms with Crippen molar-refractivity contribution in [2.45, 2.75) is 0 Å². The molecule has 0 radical (unpaired) electrons. The van der Waals surface area contributed by atoms with Crippen molar-refractivity contribution in [3.05, 3.63) is 224 Å². The second-order valence-electron chi connectivity index (χ2n) is 16.9. The SMILES string of the molecule is c1ccc2c(c1)sc1cc(-c3ccc(-c4cc(-n5c6ccccc6c6ccccc65)c(-n5c6ccccc6c6ccccc65)c(-n5c6ccccc6c6ccccc65)c4)cc3)ccc12. The first kappa shape index (κ1) is 35.4. The maximum Gasteiger partial charge on any atom is 0.0947 e. The number of hydrogen-bond acceptors (Lipinski definition) is 1. The summed E-state index contributed by atoms with van der Waals surface area (Å²) in [6.45, 7) is 0. The van der Waals surface area contributed by atoms with Crippen LogP contribution in [0.15, 0.2) is 224 Å². The Labute approximate surface area is 372 Å². The molecule has 0 bridgehead atoms. The summed E-state index contributed by atoms with van der Waals surface area (Å²) in [5.74, 6) is 0. The first-order chi connectivity index (χ1) is 31.8. The van der Waals surface area contributed by atoms with Gasteiger partial charge in [0.2, 0.25) is 0 Å². The molecule has 4 heterocycles. The maximum absolute atomic E-state index is 2.53.